The zero-order valence-electron chi connectivity index (χ0n) is 9.38. The van der Waals surface area contributed by atoms with Gasteiger partial charge in [0.15, 0.2) is 0 Å². The van der Waals surface area contributed by atoms with E-state index in [-0.39, 0.29) is 0 Å². The van der Waals surface area contributed by atoms with Gasteiger partial charge in [-0.25, -0.2) is 4.79 Å². The monoisotopic (exact) mass is 244 g/mol. The number of carboxylic acid groups (broad SMARTS) is 1. The molecule has 0 aliphatic heterocycles. The van der Waals surface area contributed by atoms with E-state index in [9.17, 15) is 4.79 Å². The van der Waals surface area contributed by atoms with Gasteiger partial charge < -0.3 is 5.11 Å². The van der Waals surface area contributed by atoms with Crippen molar-refractivity contribution in [2.45, 2.75) is 4.90 Å². The molecule has 0 aromatic heterocycles. The van der Waals surface area contributed by atoms with Gasteiger partial charge in [0.05, 0.1) is 5.56 Å². The van der Waals surface area contributed by atoms with Crippen LogP contribution in [0.2, 0.25) is 0 Å². The molecule has 2 rings (SSSR count). The first kappa shape index (κ1) is 11.7. The van der Waals surface area contributed by atoms with Gasteiger partial charge in [0.25, 0.3) is 0 Å². The highest BCUT2D eigenvalue weighted by Crippen LogP contribution is 2.24. The average molecular weight is 244 g/mol. The molecular formula is C14H12O2S. The molecule has 0 radical (unpaired) electrons. The summed E-state index contributed by atoms with van der Waals surface area (Å²) in [6.07, 6.45) is 2.03. The van der Waals surface area contributed by atoms with E-state index in [1.54, 1.807) is 23.9 Å². The van der Waals surface area contributed by atoms with Gasteiger partial charge in [-0.15, -0.1) is 11.8 Å². The molecule has 2 aromatic rings. The van der Waals surface area contributed by atoms with Crippen molar-refractivity contribution in [3.63, 3.8) is 0 Å². The first-order valence-corrected chi connectivity index (χ1v) is 6.41. The lowest BCUT2D eigenvalue weighted by Gasteiger charge is -2.04. The van der Waals surface area contributed by atoms with Crippen LogP contribution in [0.3, 0.4) is 0 Å². The number of carbonyl (C=O) groups is 1. The van der Waals surface area contributed by atoms with E-state index in [4.69, 9.17) is 5.11 Å². The standard InChI is InChI=1S/C14H12O2S/c1-17-13-4-2-3-12(9-13)10-5-7-11(8-6-10)14(15)16/h2-9H,1H3,(H,15,16). The second kappa shape index (κ2) is 5.06. The van der Waals surface area contributed by atoms with E-state index in [1.165, 1.54) is 4.90 Å². The molecule has 0 aliphatic rings. The number of benzene rings is 2. The predicted molar refractivity (Wildman–Crippen MR) is 70.6 cm³/mol. The summed E-state index contributed by atoms with van der Waals surface area (Å²) < 4.78 is 0. The Morgan fingerprint density at radius 2 is 1.76 bits per heavy atom. The lowest BCUT2D eigenvalue weighted by Crippen LogP contribution is -1.94. The SMILES string of the molecule is CSc1cccc(-c2ccc(C(=O)O)cc2)c1. The van der Waals surface area contributed by atoms with Crippen molar-refractivity contribution in [3.05, 3.63) is 54.1 Å². The summed E-state index contributed by atoms with van der Waals surface area (Å²) in [4.78, 5) is 11.9. The normalized spacial score (nSPS) is 10.2. The summed E-state index contributed by atoms with van der Waals surface area (Å²) in [5.74, 6) is -0.894. The first-order valence-electron chi connectivity index (χ1n) is 5.18. The maximum Gasteiger partial charge on any atom is 0.335 e. The van der Waals surface area contributed by atoms with Gasteiger partial charge >= 0.3 is 5.97 Å². The molecule has 0 aliphatic carbocycles. The van der Waals surface area contributed by atoms with Crippen LogP contribution in [0.15, 0.2) is 53.4 Å². The Morgan fingerprint density at radius 1 is 1.06 bits per heavy atom. The van der Waals surface area contributed by atoms with Crippen LogP contribution in [0.25, 0.3) is 11.1 Å². The topological polar surface area (TPSA) is 37.3 Å². The number of thioether (sulfide) groups is 1. The van der Waals surface area contributed by atoms with Gasteiger partial charge in [0, 0.05) is 4.90 Å². The fourth-order valence-electron chi connectivity index (χ4n) is 1.61. The molecule has 2 aromatic carbocycles. The summed E-state index contributed by atoms with van der Waals surface area (Å²) in [6.45, 7) is 0. The van der Waals surface area contributed by atoms with Crippen LogP contribution in [-0.2, 0) is 0 Å². The Hall–Kier alpha value is -1.74. The Morgan fingerprint density at radius 3 is 2.35 bits per heavy atom. The second-order valence-corrected chi connectivity index (χ2v) is 4.49. The average Bonchev–Trinajstić information content (AvgIpc) is 2.39. The van der Waals surface area contributed by atoms with Gasteiger partial charge in [-0.3, -0.25) is 0 Å². The maximum atomic E-state index is 10.7. The van der Waals surface area contributed by atoms with Crippen molar-refractivity contribution in [1.82, 2.24) is 0 Å². The van der Waals surface area contributed by atoms with E-state index >= 15 is 0 Å². The van der Waals surface area contributed by atoms with Gasteiger partial charge in [-0.05, 0) is 41.6 Å². The zero-order valence-corrected chi connectivity index (χ0v) is 10.2. The molecule has 0 amide bonds. The largest absolute Gasteiger partial charge is 0.478 e. The van der Waals surface area contributed by atoms with Crippen molar-refractivity contribution in [3.8, 4) is 11.1 Å². The Labute approximate surface area is 104 Å². The van der Waals surface area contributed by atoms with E-state index in [0.29, 0.717) is 5.56 Å². The lowest BCUT2D eigenvalue weighted by molar-refractivity contribution is 0.0697. The van der Waals surface area contributed by atoms with Crippen molar-refractivity contribution < 1.29 is 9.90 Å². The Kier molecular flexibility index (Phi) is 3.49. The van der Waals surface area contributed by atoms with Gasteiger partial charge in [0.2, 0.25) is 0 Å². The van der Waals surface area contributed by atoms with Crippen LogP contribution < -0.4 is 0 Å². The molecule has 0 spiro atoms. The third kappa shape index (κ3) is 2.68. The van der Waals surface area contributed by atoms with E-state index in [0.717, 1.165) is 11.1 Å². The van der Waals surface area contributed by atoms with Gasteiger partial charge in [0.1, 0.15) is 0 Å². The highest BCUT2D eigenvalue weighted by atomic mass is 32.2. The molecular weight excluding hydrogens is 232 g/mol. The lowest BCUT2D eigenvalue weighted by atomic mass is 10.0. The fraction of sp³-hybridized carbons (Fsp3) is 0.0714. The van der Waals surface area contributed by atoms with Crippen LogP contribution in [0.4, 0.5) is 0 Å². The van der Waals surface area contributed by atoms with E-state index < -0.39 is 5.97 Å². The highest BCUT2D eigenvalue weighted by Gasteiger charge is 2.03. The number of carboxylic acids is 1. The van der Waals surface area contributed by atoms with Crippen LogP contribution in [0.1, 0.15) is 10.4 Å². The van der Waals surface area contributed by atoms with Gasteiger partial charge in [-0.1, -0.05) is 24.3 Å². The van der Waals surface area contributed by atoms with E-state index in [2.05, 4.69) is 12.1 Å². The van der Waals surface area contributed by atoms with Crippen molar-refractivity contribution >= 4 is 17.7 Å². The summed E-state index contributed by atoms with van der Waals surface area (Å²) in [7, 11) is 0. The third-order valence-electron chi connectivity index (χ3n) is 2.53. The van der Waals surface area contributed by atoms with Crippen molar-refractivity contribution in [2.24, 2.45) is 0 Å². The van der Waals surface area contributed by atoms with Crippen molar-refractivity contribution in [2.75, 3.05) is 6.26 Å². The molecule has 0 bridgehead atoms. The summed E-state index contributed by atoms with van der Waals surface area (Å²) >= 11 is 1.69. The van der Waals surface area contributed by atoms with Crippen molar-refractivity contribution in [1.29, 1.82) is 0 Å². The fourth-order valence-corrected chi connectivity index (χ4v) is 2.07. The molecule has 1 N–H and O–H groups in total. The van der Waals surface area contributed by atoms with Crippen LogP contribution >= 0.6 is 11.8 Å². The Bertz CT molecular complexity index is 532. The molecule has 3 heteroatoms. The summed E-state index contributed by atoms with van der Waals surface area (Å²) in [6, 6.07) is 15.1. The van der Waals surface area contributed by atoms with Crippen LogP contribution in [0.5, 0.6) is 0 Å². The molecule has 86 valence electrons. The molecule has 0 unspecified atom stereocenters. The molecule has 17 heavy (non-hydrogen) atoms. The number of hydrogen-bond donors (Lipinski definition) is 1. The minimum atomic E-state index is -0.894. The molecule has 0 fully saturated rings. The maximum absolute atomic E-state index is 10.7. The molecule has 0 heterocycles. The Balaban J connectivity index is 2.36. The predicted octanol–water partition coefficient (Wildman–Crippen LogP) is 3.77. The summed E-state index contributed by atoms with van der Waals surface area (Å²) in [5, 5.41) is 8.83. The van der Waals surface area contributed by atoms with Crippen LogP contribution in [0, 0.1) is 0 Å². The quantitative estimate of drug-likeness (QED) is 0.835. The zero-order chi connectivity index (χ0) is 12.3. The number of aromatic carboxylic acids is 1. The first-order chi connectivity index (χ1) is 8.20. The third-order valence-corrected chi connectivity index (χ3v) is 3.26. The minimum absolute atomic E-state index is 0.315. The molecule has 2 nitrogen and oxygen atoms in total. The second-order valence-electron chi connectivity index (χ2n) is 3.61. The summed E-state index contributed by atoms with van der Waals surface area (Å²) in [5.41, 5.74) is 2.45. The van der Waals surface area contributed by atoms with E-state index in [1.807, 2.05) is 30.5 Å². The minimum Gasteiger partial charge on any atom is -0.478 e. The van der Waals surface area contributed by atoms with Gasteiger partial charge in [-0.2, -0.15) is 0 Å². The number of hydrogen-bond acceptors (Lipinski definition) is 2. The van der Waals surface area contributed by atoms with Crippen LogP contribution in [-0.4, -0.2) is 17.3 Å². The molecule has 0 saturated heterocycles. The number of rotatable bonds is 3. The smallest absolute Gasteiger partial charge is 0.335 e. The highest BCUT2D eigenvalue weighted by molar-refractivity contribution is 7.98. The molecule has 0 atom stereocenters. The molecule has 0 saturated carbocycles.